The number of amides is 2. The van der Waals surface area contributed by atoms with Gasteiger partial charge in [-0.1, -0.05) is 48.5 Å². The maximum atomic E-state index is 13.1. The number of nitrogens with one attached hydrogen (secondary N) is 2. The quantitative estimate of drug-likeness (QED) is 0.298. The van der Waals surface area contributed by atoms with Crippen molar-refractivity contribution < 1.29 is 19.4 Å². The number of alkyl carbamates (subject to hydrolysis) is 1. The van der Waals surface area contributed by atoms with Gasteiger partial charge in [-0.2, -0.15) is 0 Å². The molecule has 0 heterocycles. The second-order valence-electron chi connectivity index (χ2n) is 7.18. The first-order chi connectivity index (χ1) is 15.3. The molecule has 0 aromatic heterocycles. The van der Waals surface area contributed by atoms with Gasteiger partial charge in [0.05, 0.1) is 7.14 Å². The molecule has 3 aromatic carbocycles. The number of phenolic OH excluding ortho intramolecular Hbond substituents is 1. The molecule has 1 atom stereocenters. The van der Waals surface area contributed by atoms with Crippen molar-refractivity contribution in [2.75, 3.05) is 5.32 Å². The Labute approximate surface area is 214 Å². The lowest BCUT2D eigenvalue weighted by Crippen LogP contribution is -2.45. The highest BCUT2D eigenvalue weighted by Crippen LogP contribution is 2.28. The van der Waals surface area contributed by atoms with E-state index in [2.05, 4.69) is 10.6 Å². The summed E-state index contributed by atoms with van der Waals surface area (Å²) in [6, 6.07) is 19.5. The van der Waals surface area contributed by atoms with Gasteiger partial charge in [-0.05, 0) is 87.0 Å². The van der Waals surface area contributed by atoms with E-state index in [9.17, 15) is 14.7 Å². The molecule has 32 heavy (non-hydrogen) atoms. The smallest absolute Gasteiger partial charge is 0.408 e. The minimum absolute atomic E-state index is 0.105. The number of hydrogen-bond acceptors (Lipinski definition) is 4. The van der Waals surface area contributed by atoms with E-state index in [4.69, 9.17) is 4.74 Å². The lowest BCUT2D eigenvalue weighted by Gasteiger charge is -2.20. The van der Waals surface area contributed by atoms with Crippen LogP contribution in [0, 0.1) is 14.1 Å². The zero-order valence-corrected chi connectivity index (χ0v) is 21.6. The van der Waals surface area contributed by atoms with E-state index in [0.29, 0.717) is 12.8 Å². The number of aryl methyl sites for hydroxylation is 1. The molecular formula is C24H22I2N2O4. The molecule has 3 aromatic rings. The van der Waals surface area contributed by atoms with Crippen molar-refractivity contribution in [3.8, 4) is 5.75 Å². The Balaban J connectivity index is 1.75. The Kier molecular flexibility index (Phi) is 8.74. The van der Waals surface area contributed by atoms with Crippen LogP contribution in [0.4, 0.5) is 10.5 Å². The van der Waals surface area contributed by atoms with Gasteiger partial charge in [0, 0.05) is 12.1 Å². The van der Waals surface area contributed by atoms with E-state index in [1.165, 1.54) is 0 Å². The van der Waals surface area contributed by atoms with E-state index in [1.54, 1.807) is 12.1 Å². The average molecular weight is 656 g/mol. The van der Waals surface area contributed by atoms with Crippen molar-refractivity contribution in [2.24, 2.45) is 0 Å². The Morgan fingerprint density at radius 2 is 1.59 bits per heavy atom. The molecule has 2 amide bonds. The molecule has 3 rings (SSSR count). The van der Waals surface area contributed by atoms with Crippen LogP contribution in [0.25, 0.3) is 0 Å². The maximum Gasteiger partial charge on any atom is 0.408 e. The SMILES string of the molecule is Cc1ccccc1NC(=O)[C@@H](Cc1cc(I)c(O)c(I)c1)NC(=O)OCc1ccccc1. The van der Waals surface area contributed by atoms with Crippen molar-refractivity contribution in [2.45, 2.75) is 26.0 Å². The molecule has 0 aliphatic rings. The van der Waals surface area contributed by atoms with Crippen molar-refractivity contribution in [3.05, 3.63) is 90.6 Å². The third-order valence-corrected chi connectivity index (χ3v) is 6.39. The number of aromatic hydroxyl groups is 1. The van der Waals surface area contributed by atoms with Crippen LogP contribution in [0.5, 0.6) is 5.75 Å². The molecule has 6 nitrogen and oxygen atoms in total. The van der Waals surface area contributed by atoms with Gasteiger partial charge in [-0.3, -0.25) is 4.79 Å². The Hall–Kier alpha value is -2.34. The number of carbonyl (C=O) groups excluding carboxylic acids is 2. The fourth-order valence-corrected chi connectivity index (χ4v) is 4.92. The summed E-state index contributed by atoms with van der Waals surface area (Å²) in [6.45, 7) is 2.00. The number of hydrogen-bond donors (Lipinski definition) is 3. The molecule has 3 N–H and O–H groups in total. The third-order valence-electron chi connectivity index (χ3n) is 4.74. The summed E-state index contributed by atoms with van der Waals surface area (Å²) in [5.41, 5.74) is 3.26. The summed E-state index contributed by atoms with van der Waals surface area (Å²) in [4.78, 5) is 25.6. The number of para-hydroxylation sites is 1. The summed E-state index contributed by atoms with van der Waals surface area (Å²) < 4.78 is 6.66. The second kappa shape index (κ2) is 11.5. The molecule has 0 aliphatic heterocycles. The number of halogens is 2. The number of ether oxygens (including phenoxy) is 1. The van der Waals surface area contributed by atoms with Crippen LogP contribution < -0.4 is 10.6 Å². The standard InChI is InChI=1S/C24H22I2N2O4/c1-15-7-5-6-10-20(15)27-23(30)21(13-17-11-18(25)22(29)19(26)12-17)28-24(31)32-14-16-8-3-2-4-9-16/h2-12,21,29H,13-14H2,1H3,(H,27,30)(H,28,31)/t21-/m1/s1. The maximum absolute atomic E-state index is 13.1. The monoisotopic (exact) mass is 656 g/mol. The van der Waals surface area contributed by atoms with Gasteiger partial charge in [0.1, 0.15) is 18.4 Å². The minimum Gasteiger partial charge on any atom is -0.506 e. The van der Waals surface area contributed by atoms with Crippen LogP contribution >= 0.6 is 45.2 Å². The van der Waals surface area contributed by atoms with Gasteiger partial charge >= 0.3 is 6.09 Å². The molecule has 0 bridgehead atoms. The fourth-order valence-electron chi connectivity index (χ4n) is 3.02. The Morgan fingerprint density at radius 1 is 0.969 bits per heavy atom. The first-order valence-electron chi connectivity index (χ1n) is 9.84. The fraction of sp³-hybridized carbons (Fsp3) is 0.167. The van der Waals surface area contributed by atoms with Crippen LogP contribution in [0.3, 0.4) is 0 Å². The van der Waals surface area contributed by atoms with Gasteiger partial charge in [0.2, 0.25) is 5.91 Å². The summed E-state index contributed by atoms with van der Waals surface area (Å²) in [6.07, 6.45) is -0.438. The zero-order valence-electron chi connectivity index (χ0n) is 17.3. The van der Waals surface area contributed by atoms with E-state index in [0.717, 1.165) is 16.7 Å². The molecule has 0 aliphatic carbocycles. The van der Waals surface area contributed by atoms with E-state index in [1.807, 2.05) is 107 Å². The third kappa shape index (κ3) is 6.83. The van der Waals surface area contributed by atoms with Crippen molar-refractivity contribution in [1.82, 2.24) is 5.32 Å². The lowest BCUT2D eigenvalue weighted by atomic mass is 10.0. The van der Waals surface area contributed by atoms with Crippen molar-refractivity contribution in [3.63, 3.8) is 0 Å². The van der Waals surface area contributed by atoms with Crippen LogP contribution in [-0.2, 0) is 22.6 Å². The summed E-state index contributed by atoms with van der Waals surface area (Å²) >= 11 is 4.08. The molecule has 0 spiro atoms. The van der Waals surface area contributed by atoms with E-state index < -0.39 is 12.1 Å². The number of phenols is 1. The van der Waals surface area contributed by atoms with Gasteiger partial charge in [0.15, 0.2) is 0 Å². The molecular weight excluding hydrogens is 634 g/mol. The first-order valence-corrected chi connectivity index (χ1v) is 12.0. The second-order valence-corrected chi connectivity index (χ2v) is 9.50. The predicted octanol–water partition coefficient (Wildman–Crippen LogP) is 5.39. The summed E-state index contributed by atoms with van der Waals surface area (Å²) in [5, 5.41) is 15.6. The molecule has 0 radical (unpaired) electrons. The molecule has 8 heteroatoms. The van der Waals surface area contributed by atoms with E-state index >= 15 is 0 Å². The van der Waals surface area contributed by atoms with Crippen LogP contribution in [-0.4, -0.2) is 23.1 Å². The first kappa shape index (κ1) is 24.3. The van der Waals surface area contributed by atoms with E-state index in [-0.39, 0.29) is 24.7 Å². The lowest BCUT2D eigenvalue weighted by molar-refractivity contribution is -0.118. The Bertz CT molecular complexity index is 1080. The van der Waals surface area contributed by atoms with Crippen molar-refractivity contribution in [1.29, 1.82) is 0 Å². The number of anilines is 1. The minimum atomic E-state index is -0.867. The highest BCUT2D eigenvalue weighted by Gasteiger charge is 2.23. The summed E-state index contributed by atoms with van der Waals surface area (Å²) in [7, 11) is 0. The Morgan fingerprint density at radius 3 is 2.25 bits per heavy atom. The molecule has 166 valence electrons. The van der Waals surface area contributed by atoms with Crippen molar-refractivity contribution >= 4 is 62.9 Å². The topological polar surface area (TPSA) is 87.7 Å². The molecule has 0 saturated heterocycles. The number of rotatable bonds is 7. The zero-order chi connectivity index (χ0) is 23.1. The van der Waals surface area contributed by atoms with Crippen LogP contribution in [0.2, 0.25) is 0 Å². The normalized spacial score (nSPS) is 11.5. The average Bonchev–Trinajstić information content (AvgIpc) is 2.78. The molecule has 0 fully saturated rings. The molecule has 0 unspecified atom stereocenters. The number of benzene rings is 3. The largest absolute Gasteiger partial charge is 0.506 e. The highest BCUT2D eigenvalue weighted by molar-refractivity contribution is 14.1. The molecule has 0 saturated carbocycles. The summed E-state index contributed by atoms with van der Waals surface area (Å²) in [5.74, 6) is -0.153. The van der Waals surface area contributed by atoms with Gasteiger partial charge in [0.25, 0.3) is 0 Å². The van der Waals surface area contributed by atoms with Gasteiger partial charge in [-0.25, -0.2) is 4.79 Å². The van der Waals surface area contributed by atoms with Gasteiger partial charge < -0.3 is 20.5 Å². The van der Waals surface area contributed by atoms with Crippen LogP contribution in [0.15, 0.2) is 66.7 Å². The van der Waals surface area contributed by atoms with Gasteiger partial charge in [-0.15, -0.1) is 0 Å². The van der Waals surface area contributed by atoms with Crippen LogP contribution in [0.1, 0.15) is 16.7 Å². The predicted molar refractivity (Wildman–Crippen MR) is 141 cm³/mol. The highest BCUT2D eigenvalue weighted by atomic mass is 127. The number of carbonyl (C=O) groups is 2.